The second kappa shape index (κ2) is 13.5. The highest BCUT2D eigenvalue weighted by Crippen LogP contribution is 2.32. The maximum Gasteiger partial charge on any atom is 0.471 e. The molecular weight excluding hydrogens is 509 g/mol. The van der Waals surface area contributed by atoms with Crippen LogP contribution >= 0.6 is 0 Å². The number of amides is 1. The highest BCUT2D eigenvalue weighted by atomic mass is 19.4. The maximum atomic E-state index is 13.9. The summed E-state index contributed by atoms with van der Waals surface area (Å²) < 4.78 is 62.3. The lowest BCUT2D eigenvalue weighted by atomic mass is 10.0. The van der Waals surface area contributed by atoms with Gasteiger partial charge in [-0.3, -0.25) is 9.69 Å². The van der Waals surface area contributed by atoms with Crippen LogP contribution in [0.25, 0.3) is 0 Å². The molecule has 12 heteroatoms. The molecule has 0 N–H and O–H groups in total. The van der Waals surface area contributed by atoms with Crippen molar-refractivity contribution in [1.82, 2.24) is 0 Å². The third kappa shape index (κ3) is 7.08. The van der Waals surface area contributed by atoms with Crippen LogP contribution in [0.1, 0.15) is 20.8 Å². The van der Waals surface area contributed by atoms with Crippen LogP contribution in [0, 0.1) is 0 Å². The van der Waals surface area contributed by atoms with E-state index in [1.165, 1.54) is 57.2 Å². The van der Waals surface area contributed by atoms with Crippen molar-refractivity contribution < 1.29 is 46.5 Å². The van der Waals surface area contributed by atoms with Crippen molar-refractivity contribution in [3.8, 4) is 11.5 Å². The fourth-order valence-electron chi connectivity index (χ4n) is 3.85. The Balaban J connectivity index is 2.83. The van der Waals surface area contributed by atoms with E-state index in [0.29, 0.717) is 17.2 Å². The maximum absolute atomic E-state index is 13.9. The normalized spacial score (nSPS) is 12.6. The first-order valence-corrected chi connectivity index (χ1v) is 11.8. The van der Waals surface area contributed by atoms with Crippen LogP contribution in [0.15, 0.2) is 48.5 Å². The van der Waals surface area contributed by atoms with Crippen molar-refractivity contribution in [2.75, 3.05) is 43.8 Å². The van der Waals surface area contributed by atoms with E-state index < -0.39 is 36.1 Å². The first-order chi connectivity index (χ1) is 18.0. The number of ether oxygens (including phenoxy) is 4. The van der Waals surface area contributed by atoms with E-state index >= 15 is 0 Å². The zero-order valence-corrected chi connectivity index (χ0v) is 21.8. The molecule has 0 bridgehead atoms. The van der Waals surface area contributed by atoms with Crippen LogP contribution in [0.3, 0.4) is 0 Å². The molecule has 0 aliphatic rings. The molecule has 0 spiro atoms. The van der Waals surface area contributed by atoms with E-state index in [-0.39, 0.29) is 30.3 Å². The van der Waals surface area contributed by atoms with Crippen molar-refractivity contribution in [3.63, 3.8) is 0 Å². The molecule has 2 aromatic carbocycles. The predicted molar refractivity (Wildman–Crippen MR) is 133 cm³/mol. The largest absolute Gasteiger partial charge is 0.497 e. The number of esters is 2. The first-order valence-electron chi connectivity index (χ1n) is 11.8. The minimum absolute atomic E-state index is 0.0579. The van der Waals surface area contributed by atoms with Gasteiger partial charge >= 0.3 is 24.0 Å². The Morgan fingerprint density at radius 3 is 1.53 bits per heavy atom. The van der Waals surface area contributed by atoms with Gasteiger partial charge in [0.05, 0.1) is 27.4 Å². The highest BCUT2D eigenvalue weighted by Gasteiger charge is 2.52. The summed E-state index contributed by atoms with van der Waals surface area (Å²) in [5.41, 5.74) is 0.0704. The summed E-state index contributed by atoms with van der Waals surface area (Å²) in [5.74, 6) is -3.80. The van der Waals surface area contributed by atoms with Crippen LogP contribution in [-0.2, 0) is 23.9 Å². The van der Waals surface area contributed by atoms with Crippen molar-refractivity contribution in [2.45, 2.75) is 39.0 Å². The molecule has 0 aliphatic heterocycles. The summed E-state index contributed by atoms with van der Waals surface area (Å²) >= 11 is 0. The van der Waals surface area contributed by atoms with Gasteiger partial charge in [0.2, 0.25) is 0 Å². The number of hydrogen-bond acceptors (Lipinski definition) is 8. The topological polar surface area (TPSA) is 94.6 Å². The highest BCUT2D eigenvalue weighted by molar-refractivity contribution is 6.05. The van der Waals surface area contributed by atoms with E-state index in [1.807, 2.05) is 0 Å². The van der Waals surface area contributed by atoms with Gasteiger partial charge in [0, 0.05) is 17.9 Å². The second-order valence-electron chi connectivity index (χ2n) is 7.75. The SMILES string of the molecule is CCOC(=O)C(C(C(=O)OCC)N(C(=O)C(F)(F)F)c1ccc(OC)cc1)N(CC)c1ccc(OC)cc1. The van der Waals surface area contributed by atoms with Gasteiger partial charge < -0.3 is 23.8 Å². The zero-order chi connectivity index (χ0) is 28.5. The Hall–Kier alpha value is -3.96. The van der Waals surface area contributed by atoms with Gasteiger partial charge in [0.15, 0.2) is 12.1 Å². The number of alkyl halides is 3. The smallest absolute Gasteiger partial charge is 0.471 e. The molecule has 0 heterocycles. The predicted octanol–water partition coefficient (Wildman–Crippen LogP) is 3.99. The van der Waals surface area contributed by atoms with Gasteiger partial charge in [0.25, 0.3) is 0 Å². The molecule has 0 aliphatic carbocycles. The summed E-state index contributed by atoms with van der Waals surface area (Å²) in [6, 6.07) is 7.55. The van der Waals surface area contributed by atoms with Gasteiger partial charge in [-0.2, -0.15) is 13.2 Å². The molecule has 1 amide bonds. The number of likely N-dealkylation sites (N-methyl/N-ethyl adjacent to an activating group) is 1. The quantitative estimate of drug-likeness (QED) is 0.373. The standard InChI is InChI=1S/C26H31F3N2O7/c1-6-30(17-9-13-19(35-4)14-10-17)21(23(32)37-7-2)22(24(33)38-8-3)31(25(34)26(27,28)29)18-11-15-20(36-5)16-12-18/h9-16,21-22H,6-8H2,1-5H3. The molecule has 0 aromatic heterocycles. The van der Waals surface area contributed by atoms with Crippen LogP contribution in [-0.4, -0.2) is 70.1 Å². The molecule has 0 saturated carbocycles. The van der Waals surface area contributed by atoms with Crippen LogP contribution < -0.4 is 19.3 Å². The molecule has 0 radical (unpaired) electrons. The number of benzene rings is 2. The van der Waals surface area contributed by atoms with Gasteiger partial charge in [0.1, 0.15) is 11.5 Å². The average molecular weight is 541 g/mol. The fourth-order valence-corrected chi connectivity index (χ4v) is 3.85. The zero-order valence-electron chi connectivity index (χ0n) is 21.8. The minimum atomic E-state index is -5.39. The second-order valence-corrected chi connectivity index (χ2v) is 7.75. The summed E-state index contributed by atoms with van der Waals surface area (Å²) in [6.45, 7) is 4.33. The lowest BCUT2D eigenvalue weighted by Gasteiger charge is -2.40. The third-order valence-corrected chi connectivity index (χ3v) is 5.53. The summed E-state index contributed by atoms with van der Waals surface area (Å²) in [6.07, 6.45) is -5.39. The number of carbonyl (C=O) groups is 3. The molecule has 0 saturated heterocycles. The summed E-state index contributed by atoms with van der Waals surface area (Å²) in [5, 5.41) is 0. The number of carbonyl (C=O) groups excluding carboxylic acids is 3. The van der Waals surface area contributed by atoms with Crippen LogP contribution in [0.2, 0.25) is 0 Å². The van der Waals surface area contributed by atoms with Crippen molar-refractivity contribution >= 4 is 29.2 Å². The minimum Gasteiger partial charge on any atom is -0.497 e. The molecule has 9 nitrogen and oxygen atoms in total. The number of methoxy groups -OCH3 is 2. The molecule has 208 valence electrons. The molecule has 38 heavy (non-hydrogen) atoms. The lowest BCUT2D eigenvalue weighted by molar-refractivity contribution is -0.172. The van der Waals surface area contributed by atoms with E-state index in [2.05, 4.69) is 0 Å². The first kappa shape index (κ1) is 30.3. The van der Waals surface area contributed by atoms with Crippen LogP contribution in [0.5, 0.6) is 11.5 Å². The monoisotopic (exact) mass is 540 g/mol. The summed E-state index contributed by atoms with van der Waals surface area (Å²) in [4.78, 5) is 41.2. The molecular formula is C26H31F3N2O7. The van der Waals surface area contributed by atoms with Crippen molar-refractivity contribution in [2.24, 2.45) is 0 Å². The van der Waals surface area contributed by atoms with Crippen LogP contribution in [0.4, 0.5) is 24.5 Å². The van der Waals surface area contributed by atoms with Gasteiger partial charge in [-0.05, 0) is 69.3 Å². The molecule has 2 aromatic rings. The molecule has 0 fully saturated rings. The number of hydrogen-bond donors (Lipinski definition) is 0. The number of anilines is 2. The van der Waals surface area contributed by atoms with E-state index in [1.54, 1.807) is 31.2 Å². The number of rotatable bonds is 12. The average Bonchev–Trinajstić information content (AvgIpc) is 2.90. The Labute approximate surface area is 219 Å². The van der Waals surface area contributed by atoms with E-state index in [4.69, 9.17) is 18.9 Å². The Morgan fingerprint density at radius 2 is 1.16 bits per heavy atom. The molecule has 2 atom stereocenters. The Bertz CT molecular complexity index is 1080. The van der Waals surface area contributed by atoms with E-state index in [0.717, 1.165) is 0 Å². The number of halogens is 3. The third-order valence-electron chi connectivity index (χ3n) is 5.53. The lowest BCUT2D eigenvalue weighted by Crippen LogP contribution is -2.63. The fraction of sp³-hybridized carbons (Fsp3) is 0.423. The molecule has 2 unspecified atom stereocenters. The summed E-state index contributed by atoms with van der Waals surface area (Å²) in [7, 11) is 2.82. The number of nitrogens with zero attached hydrogens (tertiary/aromatic N) is 2. The Morgan fingerprint density at radius 1 is 0.737 bits per heavy atom. The Kier molecular flexibility index (Phi) is 10.8. The van der Waals surface area contributed by atoms with Gasteiger partial charge in [-0.25, -0.2) is 9.59 Å². The van der Waals surface area contributed by atoms with E-state index in [9.17, 15) is 27.6 Å². The van der Waals surface area contributed by atoms with Crippen molar-refractivity contribution in [3.05, 3.63) is 48.5 Å². The van der Waals surface area contributed by atoms with Gasteiger partial charge in [-0.1, -0.05) is 0 Å². The van der Waals surface area contributed by atoms with Crippen molar-refractivity contribution in [1.29, 1.82) is 0 Å². The molecule has 2 rings (SSSR count). The van der Waals surface area contributed by atoms with Gasteiger partial charge in [-0.15, -0.1) is 0 Å².